The molecule has 2 heterocycles. The lowest BCUT2D eigenvalue weighted by molar-refractivity contribution is 0.0376. The number of morpholine rings is 1. The molecule has 2 fully saturated rings. The average Bonchev–Trinajstić information content (AvgIpc) is 2.45. The summed E-state index contributed by atoms with van der Waals surface area (Å²) in [6.07, 6.45) is 3.92. The van der Waals surface area contributed by atoms with Gasteiger partial charge in [0.15, 0.2) is 0 Å². The molecule has 2 saturated heterocycles. The maximum absolute atomic E-state index is 12.2. The third-order valence-corrected chi connectivity index (χ3v) is 5.82. The normalized spacial score (nSPS) is 26.8. The van der Waals surface area contributed by atoms with Gasteiger partial charge in [-0.1, -0.05) is 6.42 Å². The van der Waals surface area contributed by atoms with Crippen LogP contribution in [0.4, 0.5) is 0 Å². The van der Waals surface area contributed by atoms with Crippen LogP contribution in [0.2, 0.25) is 0 Å². The molecule has 0 bridgehead atoms. The van der Waals surface area contributed by atoms with Crippen molar-refractivity contribution in [2.45, 2.75) is 38.6 Å². The summed E-state index contributed by atoms with van der Waals surface area (Å²) in [7, 11) is -3.30. The molecule has 0 spiro atoms. The van der Waals surface area contributed by atoms with E-state index in [-0.39, 0.29) is 6.04 Å². The molecular formula is C13H27N3O3S. The van der Waals surface area contributed by atoms with Gasteiger partial charge in [0, 0.05) is 32.2 Å². The van der Waals surface area contributed by atoms with Crippen LogP contribution in [0.3, 0.4) is 0 Å². The van der Waals surface area contributed by atoms with Crippen molar-refractivity contribution >= 4 is 10.2 Å². The molecule has 2 aliphatic rings. The van der Waals surface area contributed by atoms with Gasteiger partial charge in [-0.05, 0) is 32.7 Å². The maximum Gasteiger partial charge on any atom is 0.279 e. The Morgan fingerprint density at radius 1 is 1.20 bits per heavy atom. The Labute approximate surface area is 122 Å². The number of rotatable bonds is 6. The summed E-state index contributed by atoms with van der Waals surface area (Å²) in [5.41, 5.74) is 0. The van der Waals surface area contributed by atoms with Gasteiger partial charge in [-0.25, -0.2) is 4.72 Å². The fourth-order valence-corrected chi connectivity index (χ4v) is 4.36. The SMILES string of the molecule is CC1CCCCN1S(=O)(=O)NCCCN1CCOCC1. The molecule has 1 N–H and O–H groups in total. The summed E-state index contributed by atoms with van der Waals surface area (Å²) < 4.78 is 34.1. The van der Waals surface area contributed by atoms with Crippen LogP contribution >= 0.6 is 0 Å². The van der Waals surface area contributed by atoms with Gasteiger partial charge in [0.25, 0.3) is 10.2 Å². The molecule has 118 valence electrons. The van der Waals surface area contributed by atoms with Gasteiger partial charge in [0.2, 0.25) is 0 Å². The Morgan fingerprint density at radius 2 is 1.95 bits per heavy atom. The van der Waals surface area contributed by atoms with Gasteiger partial charge in [-0.3, -0.25) is 4.90 Å². The van der Waals surface area contributed by atoms with Crippen LogP contribution in [0.15, 0.2) is 0 Å². The van der Waals surface area contributed by atoms with E-state index in [2.05, 4.69) is 9.62 Å². The fraction of sp³-hybridized carbons (Fsp3) is 1.00. The number of ether oxygens (including phenoxy) is 1. The number of nitrogens with zero attached hydrogens (tertiary/aromatic N) is 2. The highest BCUT2D eigenvalue weighted by Crippen LogP contribution is 2.18. The summed E-state index contributed by atoms with van der Waals surface area (Å²) in [6, 6.07) is 0.125. The molecule has 20 heavy (non-hydrogen) atoms. The van der Waals surface area contributed by atoms with Crippen molar-refractivity contribution in [3.63, 3.8) is 0 Å². The van der Waals surface area contributed by atoms with Gasteiger partial charge in [0.05, 0.1) is 13.2 Å². The van der Waals surface area contributed by atoms with Crippen molar-refractivity contribution in [2.24, 2.45) is 0 Å². The van der Waals surface area contributed by atoms with Gasteiger partial charge in [-0.2, -0.15) is 12.7 Å². The first-order chi connectivity index (χ1) is 9.59. The Kier molecular flexibility index (Phi) is 6.22. The first-order valence-electron chi connectivity index (χ1n) is 7.66. The summed E-state index contributed by atoms with van der Waals surface area (Å²) in [5, 5.41) is 0. The fourth-order valence-electron chi connectivity index (χ4n) is 2.84. The van der Waals surface area contributed by atoms with Crippen molar-refractivity contribution in [2.75, 3.05) is 45.9 Å². The third kappa shape index (κ3) is 4.66. The lowest BCUT2D eigenvalue weighted by Gasteiger charge is -2.32. The highest BCUT2D eigenvalue weighted by molar-refractivity contribution is 7.87. The summed E-state index contributed by atoms with van der Waals surface area (Å²) in [5.74, 6) is 0. The molecule has 0 aliphatic carbocycles. The topological polar surface area (TPSA) is 61.9 Å². The van der Waals surface area contributed by atoms with E-state index in [1.54, 1.807) is 4.31 Å². The number of nitrogens with one attached hydrogen (secondary N) is 1. The number of hydrogen-bond donors (Lipinski definition) is 1. The standard InChI is InChI=1S/C13H27N3O3S/c1-13-5-2-3-8-16(13)20(17,18)14-6-4-7-15-9-11-19-12-10-15/h13-14H,2-12H2,1H3. The van der Waals surface area contributed by atoms with E-state index in [1.165, 1.54) is 0 Å². The molecule has 0 aromatic carbocycles. The molecule has 7 heteroatoms. The summed E-state index contributed by atoms with van der Waals surface area (Å²) in [4.78, 5) is 2.32. The van der Waals surface area contributed by atoms with Crippen LogP contribution < -0.4 is 4.72 Å². The number of piperidine rings is 1. The van der Waals surface area contributed by atoms with Crippen LogP contribution in [0.25, 0.3) is 0 Å². The zero-order valence-electron chi connectivity index (χ0n) is 12.4. The molecular weight excluding hydrogens is 278 g/mol. The van der Waals surface area contributed by atoms with Crippen molar-refractivity contribution in [3.05, 3.63) is 0 Å². The lowest BCUT2D eigenvalue weighted by atomic mass is 10.1. The molecule has 0 radical (unpaired) electrons. The highest BCUT2D eigenvalue weighted by atomic mass is 32.2. The monoisotopic (exact) mass is 305 g/mol. The van der Waals surface area contributed by atoms with E-state index in [0.29, 0.717) is 13.1 Å². The molecule has 0 saturated carbocycles. The zero-order chi connectivity index (χ0) is 14.4. The van der Waals surface area contributed by atoms with E-state index >= 15 is 0 Å². The summed E-state index contributed by atoms with van der Waals surface area (Å²) >= 11 is 0. The second-order valence-electron chi connectivity index (χ2n) is 5.66. The first kappa shape index (κ1) is 16.2. The first-order valence-corrected chi connectivity index (χ1v) is 9.10. The van der Waals surface area contributed by atoms with Crippen molar-refractivity contribution in [1.82, 2.24) is 13.9 Å². The number of hydrogen-bond acceptors (Lipinski definition) is 4. The second-order valence-corrected chi connectivity index (χ2v) is 7.37. The van der Waals surface area contributed by atoms with E-state index in [1.807, 2.05) is 6.92 Å². The molecule has 1 unspecified atom stereocenters. The minimum absolute atomic E-state index is 0.125. The Bertz CT molecular complexity index is 382. The molecule has 2 aliphatic heterocycles. The maximum atomic E-state index is 12.2. The van der Waals surface area contributed by atoms with Gasteiger partial charge in [-0.15, -0.1) is 0 Å². The van der Waals surface area contributed by atoms with Gasteiger partial charge < -0.3 is 4.74 Å². The quantitative estimate of drug-likeness (QED) is 0.722. The van der Waals surface area contributed by atoms with Crippen LogP contribution in [-0.2, 0) is 14.9 Å². The summed E-state index contributed by atoms with van der Waals surface area (Å²) in [6.45, 7) is 7.58. The van der Waals surface area contributed by atoms with Crippen molar-refractivity contribution in [3.8, 4) is 0 Å². The van der Waals surface area contributed by atoms with E-state index in [0.717, 1.165) is 58.5 Å². The second kappa shape index (κ2) is 7.70. The van der Waals surface area contributed by atoms with Gasteiger partial charge in [0.1, 0.15) is 0 Å². The van der Waals surface area contributed by atoms with Crippen LogP contribution in [0.1, 0.15) is 32.6 Å². The van der Waals surface area contributed by atoms with Gasteiger partial charge >= 0.3 is 0 Å². The molecule has 0 aromatic rings. The highest BCUT2D eigenvalue weighted by Gasteiger charge is 2.28. The van der Waals surface area contributed by atoms with Crippen LogP contribution in [0.5, 0.6) is 0 Å². The minimum atomic E-state index is -3.30. The Balaban J connectivity index is 1.69. The zero-order valence-corrected chi connectivity index (χ0v) is 13.2. The third-order valence-electron chi connectivity index (χ3n) is 4.09. The van der Waals surface area contributed by atoms with E-state index in [9.17, 15) is 8.42 Å². The molecule has 0 aromatic heterocycles. The molecule has 1 atom stereocenters. The molecule has 0 amide bonds. The molecule has 6 nitrogen and oxygen atoms in total. The van der Waals surface area contributed by atoms with Crippen molar-refractivity contribution < 1.29 is 13.2 Å². The lowest BCUT2D eigenvalue weighted by Crippen LogP contribution is -2.48. The van der Waals surface area contributed by atoms with Crippen molar-refractivity contribution in [1.29, 1.82) is 0 Å². The Morgan fingerprint density at radius 3 is 2.65 bits per heavy atom. The van der Waals surface area contributed by atoms with Crippen LogP contribution in [0, 0.1) is 0 Å². The predicted octanol–water partition coefficient (Wildman–Crippen LogP) is 0.418. The van der Waals surface area contributed by atoms with E-state index < -0.39 is 10.2 Å². The largest absolute Gasteiger partial charge is 0.379 e. The predicted molar refractivity (Wildman–Crippen MR) is 78.8 cm³/mol. The Hall–Kier alpha value is -0.210. The molecule has 2 rings (SSSR count). The average molecular weight is 305 g/mol. The van der Waals surface area contributed by atoms with E-state index in [4.69, 9.17) is 4.74 Å². The smallest absolute Gasteiger partial charge is 0.279 e. The minimum Gasteiger partial charge on any atom is -0.379 e. The van der Waals surface area contributed by atoms with Crippen LogP contribution in [-0.4, -0.2) is 69.6 Å².